The van der Waals surface area contributed by atoms with Gasteiger partial charge >= 0.3 is 0 Å². The van der Waals surface area contributed by atoms with Gasteiger partial charge in [0.15, 0.2) is 6.39 Å². The molecule has 0 radical (unpaired) electrons. The summed E-state index contributed by atoms with van der Waals surface area (Å²) in [5, 5.41) is 0. The minimum absolute atomic E-state index is 0. The van der Waals surface area contributed by atoms with Gasteiger partial charge in [-0.2, -0.15) is 0 Å². The summed E-state index contributed by atoms with van der Waals surface area (Å²) in [5.41, 5.74) is 4.79. The number of aromatic nitrogens is 1. The highest BCUT2D eigenvalue weighted by atomic mass is 35.5. The topological polar surface area (TPSA) is 69.1 Å². The molecule has 0 spiro atoms. The van der Waals surface area contributed by atoms with E-state index in [1.165, 1.54) is 6.20 Å². The molecule has 9 heavy (non-hydrogen) atoms. The first-order valence-corrected chi connectivity index (χ1v) is 1.99. The molecular weight excluding hydrogens is 144 g/mol. The van der Waals surface area contributed by atoms with Crippen LogP contribution < -0.4 is 5.73 Å². The quantitative estimate of drug-likeness (QED) is 0.618. The zero-order chi connectivity index (χ0) is 5.98. The van der Waals surface area contributed by atoms with Crippen molar-refractivity contribution in [3.8, 4) is 0 Å². The molecular formula is C4H5ClN2O2. The molecule has 4 nitrogen and oxygen atoms in total. The highest BCUT2D eigenvalue weighted by Gasteiger charge is 2.00. The Morgan fingerprint density at radius 1 is 1.78 bits per heavy atom. The summed E-state index contributed by atoms with van der Waals surface area (Å²) < 4.78 is 4.51. The maximum Gasteiger partial charge on any atom is 0.286 e. The van der Waals surface area contributed by atoms with E-state index in [1.54, 1.807) is 0 Å². The van der Waals surface area contributed by atoms with Crippen LogP contribution in [-0.2, 0) is 0 Å². The number of nitrogens with two attached hydrogens (primary N) is 1. The third-order valence-electron chi connectivity index (χ3n) is 0.675. The molecule has 2 N–H and O–H groups in total. The summed E-state index contributed by atoms with van der Waals surface area (Å²) in [6.07, 6.45) is 2.42. The van der Waals surface area contributed by atoms with Crippen molar-refractivity contribution in [3.05, 3.63) is 18.4 Å². The van der Waals surface area contributed by atoms with E-state index < -0.39 is 5.91 Å². The van der Waals surface area contributed by atoms with E-state index in [9.17, 15) is 4.79 Å². The average Bonchev–Trinajstić information content (AvgIpc) is 2.12. The van der Waals surface area contributed by atoms with Gasteiger partial charge in [-0.05, 0) is 0 Å². The molecule has 1 rings (SSSR count). The number of amides is 1. The Balaban J connectivity index is 0.000000640. The number of halogens is 1. The lowest BCUT2D eigenvalue weighted by atomic mass is 10.5. The molecule has 5 heteroatoms. The van der Waals surface area contributed by atoms with Crippen LogP contribution >= 0.6 is 12.4 Å². The Morgan fingerprint density at radius 3 is 2.67 bits per heavy atom. The van der Waals surface area contributed by atoms with Crippen LogP contribution in [0.25, 0.3) is 0 Å². The van der Waals surface area contributed by atoms with E-state index >= 15 is 0 Å². The van der Waals surface area contributed by atoms with Crippen LogP contribution in [0.1, 0.15) is 10.6 Å². The monoisotopic (exact) mass is 148 g/mol. The summed E-state index contributed by atoms with van der Waals surface area (Å²) in [6.45, 7) is 0. The number of primary amides is 1. The lowest BCUT2D eigenvalue weighted by Gasteiger charge is -1.78. The van der Waals surface area contributed by atoms with Crippen molar-refractivity contribution >= 4 is 18.3 Å². The van der Waals surface area contributed by atoms with Gasteiger partial charge < -0.3 is 10.2 Å². The number of nitrogens with zero attached hydrogens (tertiary/aromatic N) is 1. The fraction of sp³-hybridized carbons (Fsp3) is 0. The summed E-state index contributed by atoms with van der Waals surface area (Å²) in [7, 11) is 0. The molecule has 0 bridgehead atoms. The van der Waals surface area contributed by atoms with Gasteiger partial charge in [-0.15, -0.1) is 12.4 Å². The second-order valence-electron chi connectivity index (χ2n) is 1.23. The molecule has 1 aromatic heterocycles. The molecule has 1 amide bonds. The first kappa shape index (κ1) is 7.97. The van der Waals surface area contributed by atoms with Crippen molar-refractivity contribution in [1.82, 2.24) is 4.98 Å². The van der Waals surface area contributed by atoms with Crippen molar-refractivity contribution in [1.29, 1.82) is 0 Å². The van der Waals surface area contributed by atoms with Crippen LogP contribution in [0, 0.1) is 0 Å². The second-order valence-corrected chi connectivity index (χ2v) is 1.23. The number of rotatable bonds is 1. The molecule has 1 aromatic rings. The normalized spacial score (nSPS) is 8.00. The number of carbonyl (C=O) groups excluding carboxylic acids is 1. The van der Waals surface area contributed by atoms with Gasteiger partial charge in [0, 0.05) is 0 Å². The molecule has 0 aromatic carbocycles. The van der Waals surface area contributed by atoms with Gasteiger partial charge in [-0.1, -0.05) is 0 Å². The molecule has 0 atom stereocenters. The van der Waals surface area contributed by atoms with Gasteiger partial charge in [0.2, 0.25) is 5.76 Å². The Bertz CT molecular complexity index is 184. The molecule has 0 saturated carbocycles. The van der Waals surface area contributed by atoms with Crippen LogP contribution in [0.15, 0.2) is 17.0 Å². The SMILES string of the molecule is Cl.NC(=O)c1cnco1. The molecule has 0 aliphatic heterocycles. The maximum atomic E-state index is 10.2. The zero-order valence-corrected chi connectivity index (χ0v) is 5.22. The lowest BCUT2D eigenvalue weighted by Crippen LogP contribution is -2.09. The number of oxazole rings is 1. The van der Waals surface area contributed by atoms with Crippen LogP contribution in [-0.4, -0.2) is 10.9 Å². The van der Waals surface area contributed by atoms with Crippen LogP contribution in [0.5, 0.6) is 0 Å². The highest BCUT2D eigenvalue weighted by molar-refractivity contribution is 5.89. The number of carbonyl (C=O) groups is 1. The Kier molecular flexibility index (Phi) is 2.73. The third kappa shape index (κ3) is 1.73. The number of hydrogen-bond acceptors (Lipinski definition) is 3. The Labute approximate surface area is 57.5 Å². The predicted molar refractivity (Wildman–Crippen MR) is 32.3 cm³/mol. The van der Waals surface area contributed by atoms with Gasteiger partial charge in [0.25, 0.3) is 5.91 Å². The zero-order valence-electron chi connectivity index (χ0n) is 4.40. The highest BCUT2D eigenvalue weighted by Crippen LogP contribution is 1.91. The Morgan fingerprint density at radius 2 is 2.44 bits per heavy atom. The molecule has 1 heterocycles. The summed E-state index contributed by atoms with van der Waals surface area (Å²) in [4.78, 5) is 13.6. The smallest absolute Gasteiger partial charge is 0.286 e. The van der Waals surface area contributed by atoms with E-state index in [0.717, 1.165) is 6.39 Å². The number of hydrogen-bond donors (Lipinski definition) is 1. The molecule has 0 aliphatic rings. The van der Waals surface area contributed by atoms with Crippen molar-refractivity contribution in [2.75, 3.05) is 0 Å². The predicted octanol–water partition coefficient (Wildman–Crippen LogP) is 0.195. The molecule has 0 fully saturated rings. The van der Waals surface area contributed by atoms with Gasteiger partial charge in [-0.25, -0.2) is 4.98 Å². The van der Waals surface area contributed by atoms with Crippen molar-refractivity contribution in [3.63, 3.8) is 0 Å². The summed E-state index contributed by atoms with van der Waals surface area (Å²) in [6, 6.07) is 0. The molecule has 0 aliphatic carbocycles. The molecule has 0 saturated heterocycles. The van der Waals surface area contributed by atoms with E-state index in [4.69, 9.17) is 5.73 Å². The standard InChI is InChI=1S/C4H4N2O2.ClH/c5-4(7)3-1-6-2-8-3;/h1-2H,(H2,5,7);1H. The fourth-order valence-corrected chi connectivity index (χ4v) is 0.337. The van der Waals surface area contributed by atoms with E-state index in [2.05, 4.69) is 9.40 Å². The van der Waals surface area contributed by atoms with E-state index in [1.807, 2.05) is 0 Å². The van der Waals surface area contributed by atoms with Crippen molar-refractivity contribution in [2.45, 2.75) is 0 Å². The van der Waals surface area contributed by atoms with Crippen molar-refractivity contribution in [2.24, 2.45) is 5.73 Å². The van der Waals surface area contributed by atoms with Gasteiger partial charge in [0.1, 0.15) is 0 Å². The minimum atomic E-state index is -0.595. The van der Waals surface area contributed by atoms with E-state index in [-0.39, 0.29) is 18.2 Å². The average molecular weight is 149 g/mol. The summed E-state index contributed by atoms with van der Waals surface area (Å²) in [5.74, 6) is -0.507. The maximum absolute atomic E-state index is 10.2. The molecule has 50 valence electrons. The first-order valence-electron chi connectivity index (χ1n) is 1.99. The fourth-order valence-electron chi connectivity index (χ4n) is 0.337. The molecule has 0 unspecified atom stereocenters. The third-order valence-corrected chi connectivity index (χ3v) is 0.675. The van der Waals surface area contributed by atoms with Crippen LogP contribution in [0.4, 0.5) is 0 Å². The Hall–Kier alpha value is -1.03. The minimum Gasteiger partial charge on any atom is -0.438 e. The first-order chi connectivity index (χ1) is 3.80. The van der Waals surface area contributed by atoms with E-state index in [0.29, 0.717) is 0 Å². The van der Waals surface area contributed by atoms with Gasteiger partial charge in [0.05, 0.1) is 6.20 Å². The van der Waals surface area contributed by atoms with Crippen LogP contribution in [0.3, 0.4) is 0 Å². The second kappa shape index (κ2) is 3.09. The van der Waals surface area contributed by atoms with Gasteiger partial charge in [-0.3, -0.25) is 4.79 Å². The lowest BCUT2D eigenvalue weighted by molar-refractivity contribution is 0.0974. The largest absolute Gasteiger partial charge is 0.438 e. The van der Waals surface area contributed by atoms with Crippen LogP contribution in [0.2, 0.25) is 0 Å². The van der Waals surface area contributed by atoms with Crippen molar-refractivity contribution < 1.29 is 9.21 Å². The summed E-state index contributed by atoms with van der Waals surface area (Å²) >= 11 is 0.